The maximum absolute atomic E-state index is 12.6. The number of fused-ring (bicyclic) bond motifs is 1. The minimum atomic E-state index is -0.0611. The fourth-order valence-corrected chi connectivity index (χ4v) is 2.72. The van der Waals surface area contributed by atoms with Crippen LogP contribution in [-0.2, 0) is 17.9 Å². The van der Waals surface area contributed by atoms with Crippen LogP contribution in [0.2, 0.25) is 0 Å². The lowest BCUT2D eigenvalue weighted by atomic mass is 10.0. The number of benzene rings is 3. The smallest absolute Gasteiger partial charge is 0.252 e. The quantitative estimate of drug-likeness (QED) is 0.776. The summed E-state index contributed by atoms with van der Waals surface area (Å²) in [5.41, 5.74) is 2.86. The number of carbonyl (C=O) groups excluding carboxylic acids is 1. The topological polar surface area (TPSA) is 38.3 Å². The molecule has 3 aromatic carbocycles. The van der Waals surface area contributed by atoms with Crippen molar-refractivity contribution in [2.75, 3.05) is 7.11 Å². The van der Waals surface area contributed by atoms with Crippen molar-refractivity contribution in [2.24, 2.45) is 0 Å². The molecule has 0 heterocycles. The molecule has 1 N–H and O–H groups in total. The fraction of sp³-hybridized carbons (Fsp3) is 0.150. The summed E-state index contributed by atoms with van der Waals surface area (Å²) in [5, 5.41) is 5.05. The number of carbonyl (C=O) groups is 1. The van der Waals surface area contributed by atoms with Crippen molar-refractivity contribution in [3.8, 4) is 0 Å². The van der Waals surface area contributed by atoms with Gasteiger partial charge in [0, 0.05) is 19.2 Å². The van der Waals surface area contributed by atoms with Crippen LogP contribution in [0.15, 0.2) is 66.7 Å². The van der Waals surface area contributed by atoms with Gasteiger partial charge in [-0.05, 0) is 28.0 Å². The number of rotatable bonds is 5. The van der Waals surface area contributed by atoms with E-state index in [1.54, 1.807) is 7.11 Å². The molecule has 0 saturated carbocycles. The second-order valence-corrected chi connectivity index (χ2v) is 5.41. The predicted octanol–water partition coefficient (Wildman–Crippen LogP) is 3.92. The van der Waals surface area contributed by atoms with Crippen molar-refractivity contribution in [2.45, 2.75) is 13.2 Å². The van der Waals surface area contributed by atoms with E-state index in [0.29, 0.717) is 18.7 Å². The van der Waals surface area contributed by atoms with Crippen LogP contribution < -0.4 is 5.32 Å². The first-order valence-corrected chi connectivity index (χ1v) is 7.61. The van der Waals surface area contributed by atoms with Crippen molar-refractivity contribution in [3.63, 3.8) is 0 Å². The average molecular weight is 305 g/mol. The molecule has 116 valence electrons. The molecular weight excluding hydrogens is 286 g/mol. The maximum atomic E-state index is 12.6. The summed E-state index contributed by atoms with van der Waals surface area (Å²) in [7, 11) is 1.67. The van der Waals surface area contributed by atoms with E-state index in [-0.39, 0.29) is 5.91 Å². The molecule has 0 aliphatic rings. The van der Waals surface area contributed by atoms with E-state index in [0.717, 1.165) is 21.9 Å². The van der Waals surface area contributed by atoms with Crippen LogP contribution in [0.25, 0.3) is 10.8 Å². The van der Waals surface area contributed by atoms with Gasteiger partial charge in [-0.15, -0.1) is 0 Å². The van der Waals surface area contributed by atoms with Gasteiger partial charge >= 0.3 is 0 Å². The first-order valence-electron chi connectivity index (χ1n) is 7.61. The molecule has 3 rings (SSSR count). The van der Waals surface area contributed by atoms with Gasteiger partial charge in [-0.25, -0.2) is 0 Å². The molecule has 23 heavy (non-hydrogen) atoms. The van der Waals surface area contributed by atoms with Crippen LogP contribution in [-0.4, -0.2) is 13.0 Å². The van der Waals surface area contributed by atoms with Gasteiger partial charge in [-0.1, -0.05) is 60.7 Å². The number of ether oxygens (including phenoxy) is 1. The summed E-state index contributed by atoms with van der Waals surface area (Å²) < 4.78 is 5.20. The fourth-order valence-electron chi connectivity index (χ4n) is 2.72. The average Bonchev–Trinajstić information content (AvgIpc) is 2.60. The predicted molar refractivity (Wildman–Crippen MR) is 92.3 cm³/mol. The number of methoxy groups -OCH3 is 1. The first-order chi connectivity index (χ1) is 11.3. The molecule has 0 atom stereocenters. The molecule has 0 aliphatic carbocycles. The van der Waals surface area contributed by atoms with Crippen molar-refractivity contribution >= 4 is 16.7 Å². The highest BCUT2D eigenvalue weighted by molar-refractivity contribution is 6.06. The third kappa shape index (κ3) is 3.41. The Morgan fingerprint density at radius 3 is 2.43 bits per heavy atom. The summed E-state index contributed by atoms with van der Waals surface area (Å²) in [6, 6.07) is 21.7. The van der Waals surface area contributed by atoms with Crippen molar-refractivity contribution in [3.05, 3.63) is 83.4 Å². The van der Waals surface area contributed by atoms with Crippen LogP contribution in [0.1, 0.15) is 21.5 Å². The van der Waals surface area contributed by atoms with Gasteiger partial charge in [0.2, 0.25) is 0 Å². The molecule has 3 nitrogen and oxygen atoms in total. The van der Waals surface area contributed by atoms with Crippen LogP contribution in [0.3, 0.4) is 0 Å². The standard InChI is InChI=1S/C20H19NO2/c1-23-14-17-9-3-2-8-16(17)13-21-20(22)19-12-6-10-15-7-4-5-11-18(15)19/h2-12H,13-14H2,1H3,(H,21,22). The van der Waals surface area contributed by atoms with Crippen LogP contribution in [0, 0.1) is 0 Å². The molecule has 1 amide bonds. The normalized spacial score (nSPS) is 10.7. The van der Waals surface area contributed by atoms with E-state index in [1.807, 2.05) is 66.7 Å². The Kier molecular flexibility index (Phi) is 4.69. The molecule has 0 bridgehead atoms. The molecule has 0 aliphatic heterocycles. The van der Waals surface area contributed by atoms with E-state index in [9.17, 15) is 4.79 Å². The Hall–Kier alpha value is -2.65. The van der Waals surface area contributed by atoms with Crippen LogP contribution in [0.5, 0.6) is 0 Å². The molecule has 0 radical (unpaired) electrons. The summed E-state index contributed by atoms with van der Waals surface area (Å²) >= 11 is 0. The summed E-state index contributed by atoms with van der Waals surface area (Å²) in [4.78, 5) is 12.6. The molecule has 0 spiro atoms. The van der Waals surface area contributed by atoms with E-state index in [4.69, 9.17) is 4.74 Å². The SMILES string of the molecule is COCc1ccccc1CNC(=O)c1cccc2ccccc12. The lowest BCUT2D eigenvalue weighted by molar-refractivity contribution is 0.0952. The highest BCUT2D eigenvalue weighted by Gasteiger charge is 2.10. The highest BCUT2D eigenvalue weighted by atomic mass is 16.5. The summed E-state index contributed by atoms with van der Waals surface area (Å²) in [6.07, 6.45) is 0. The number of hydrogen-bond acceptors (Lipinski definition) is 2. The van der Waals surface area contributed by atoms with Gasteiger partial charge in [0.25, 0.3) is 5.91 Å². The van der Waals surface area contributed by atoms with E-state index < -0.39 is 0 Å². The Balaban J connectivity index is 1.80. The molecule has 0 unspecified atom stereocenters. The molecule has 0 saturated heterocycles. The third-order valence-corrected chi connectivity index (χ3v) is 3.89. The highest BCUT2D eigenvalue weighted by Crippen LogP contribution is 2.18. The van der Waals surface area contributed by atoms with Crippen LogP contribution >= 0.6 is 0 Å². The van der Waals surface area contributed by atoms with Crippen LogP contribution in [0.4, 0.5) is 0 Å². The second-order valence-electron chi connectivity index (χ2n) is 5.41. The van der Waals surface area contributed by atoms with Crippen molar-refractivity contribution in [1.82, 2.24) is 5.32 Å². The van der Waals surface area contributed by atoms with Crippen molar-refractivity contribution in [1.29, 1.82) is 0 Å². The number of amides is 1. The first kappa shape index (κ1) is 15.3. The monoisotopic (exact) mass is 305 g/mol. The van der Waals surface area contributed by atoms with E-state index >= 15 is 0 Å². The minimum Gasteiger partial charge on any atom is -0.380 e. The molecule has 0 fully saturated rings. The zero-order valence-electron chi connectivity index (χ0n) is 13.1. The number of hydrogen-bond donors (Lipinski definition) is 1. The zero-order chi connectivity index (χ0) is 16.1. The largest absolute Gasteiger partial charge is 0.380 e. The Labute approximate surface area is 135 Å². The molecule has 3 aromatic rings. The molecule has 0 aromatic heterocycles. The lowest BCUT2D eigenvalue weighted by Gasteiger charge is -2.11. The summed E-state index contributed by atoms with van der Waals surface area (Å²) in [5.74, 6) is -0.0611. The van der Waals surface area contributed by atoms with Gasteiger partial charge in [0.15, 0.2) is 0 Å². The van der Waals surface area contributed by atoms with Gasteiger partial charge in [0.1, 0.15) is 0 Å². The lowest BCUT2D eigenvalue weighted by Crippen LogP contribution is -2.23. The Morgan fingerprint density at radius 1 is 0.913 bits per heavy atom. The Bertz CT molecular complexity index is 821. The molecule has 3 heteroatoms. The summed E-state index contributed by atoms with van der Waals surface area (Å²) in [6.45, 7) is 1.03. The zero-order valence-corrected chi connectivity index (χ0v) is 13.1. The van der Waals surface area contributed by atoms with Gasteiger partial charge in [-0.2, -0.15) is 0 Å². The van der Waals surface area contributed by atoms with Crippen molar-refractivity contribution < 1.29 is 9.53 Å². The van der Waals surface area contributed by atoms with E-state index in [1.165, 1.54) is 0 Å². The van der Waals surface area contributed by atoms with Gasteiger partial charge in [-0.3, -0.25) is 4.79 Å². The van der Waals surface area contributed by atoms with Gasteiger partial charge < -0.3 is 10.1 Å². The van der Waals surface area contributed by atoms with Gasteiger partial charge in [0.05, 0.1) is 6.61 Å². The second kappa shape index (κ2) is 7.07. The van der Waals surface area contributed by atoms with E-state index in [2.05, 4.69) is 5.32 Å². The number of nitrogens with one attached hydrogen (secondary N) is 1. The minimum absolute atomic E-state index is 0.0611. The Morgan fingerprint density at radius 2 is 1.61 bits per heavy atom. The maximum Gasteiger partial charge on any atom is 0.252 e. The molecular formula is C20H19NO2. The third-order valence-electron chi connectivity index (χ3n) is 3.89.